The number of anilines is 1. The topological polar surface area (TPSA) is 54.5 Å². The maximum Gasteiger partial charge on any atom is 0.351 e. The highest BCUT2D eigenvalue weighted by molar-refractivity contribution is 7.18. The molecule has 1 N–H and O–H groups in total. The van der Waals surface area contributed by atoms with Crippen molar-refractivity contribution in [2.24, 2.45) is 5.92 Å². The number of likely N-dealkylation sites (tertiary alicyclic amines) is 1. The van der Waals surface area contributed by atoms with Crippen molar-refractivity contribution in [2.45, 2.75) is 26.3 Å². The van der Waals surface area contributed by atoms with E-state index in [1.165, 1.54) is 29.6 Å². The van der Waals surface area contributed by atoms with Crippen LogP contribution in [0.2, 0.25) is 5.15 Å². The van der Waals surface area contributed by atoms with Crippen LogP contribution in [0.3, 0.4) is 0 Å². The first-order chi connectivity index (χ1) is 12.5. The number of benzene rings is 1. The molecule has 1 aliphatic heterocycles. The van der Waals surface area contributed by atoms with Crippen molar-refractivity contribution >= 4 is 34.0 Å². The Hall–Kier alpha value is -1.63. The predicted molar refractivity (Wildman–Crippen MR) is 106 cm³/mol. The molecule has 0 aliphatic carbocycles. The van der Waals surface area contributed by atoms with Crippen LogP contribution in [0.4, 0.5) is 5.13 Å². The number of rotatable bonds is 6. The standard InChI is InChI=1S/C19H24ClN3O2S/c1-13-3-5-15(6-4-13)12-23-9-7-14(8-10-23)11-21-19-22-17(20)16(26-19)18(24)25-2/h3-6,14H,7-12H2,1-2H3,(H,21,22). The van der Waals surface area contributed by atoms with Gasteiger partial charge in [-0.15, -0.1) is 0 Å². The van der Waals surface area contributed by atoms with Crippen molar-refractivity contribution in [3.8, 4) is 0 Å². The molecule has 7 heteroatoms. The molecule has 0 bridgehead atoms. The number of piperidine rings is 1. The summed E-state index contributed by atoms with van der Waals surface area (Å²) in [5, 5.41) is 4.21. The minimum absolute atomic E-state index is 0.206. The first-order valence-electron chi connectivity index (χ1n) is 8.81. The molecule has 26 heavy (non-hydrogen) atoms. The third-order valence-electron chi connectivity index (χ3n) is 4.73. The number of ether oxygens (including phenoxy) is 1. The second kappa shape index (κ2) is 8.84. The third-order valence-corrected chi connectivity index (χ3v) is 6.11. The van der Waals surface area contributed by atoms with Gasteiger partial charge in [0.15, 0.2) is 15.2 Å². The Morgan fingerprint density at radius 1 is 1.35 bits per heavy atom. The van der Waals surface area contributed by atoms with Crippen molar-refractivity contribution in [1.29, 1.82) is 0 Å². The van der Waals surface area contributed by atoms with Gasteiger partial charge < -0.3 is 10.1 Å². The van der Waals surface area contributed by atoms with E-state index < -0.39 is 5.97 Å². The number of halogens is 1. The highest BCUT2D eigenvalue weighted by atomic mass is 35.5. The van der Waals surface area contributed by atoms with Gasteiger partial charge >= 0.3 is 5.97 Å². The lowest BCUT2D eigenvalue weighted by molar-refractivity contribution is 0.0606. The number of thiazole rings is 1. The molecule has 1 aromatic heterocycles. The molecule has 0 spiro atoms. The van der Waals surface area contributed by atoms with Gasteiger partial charge in [0.05, 0.1) is 7.11 Å². The number of carbonyl (C=O) groups is 1. The lowest BCUT2D eigenvalue weighted by Gasteiger charge is -2.32. The zero-order valence-corrected chi connectivity index (χ0v) is 16.7. The smallest absolute Gasteiger partial charge is 0.351 e. The molecule has 1 saturated heterocycles. The molecular weight excluding hydrogens is 370 g/mol. The zero-order chi connectivity index (χ0) is 18.5. The molecule has 5 nitrogen and oxygen atoms in total. The third kappa shape index (κ3) is 4.96. The Bertz CT molecular complexity index is 740. The van der Waals surface area contributed by atoms with E-state index in [0.29, 0.717) is 15.9 Å². The summed E-state index contributed by atoms with van der Waals surface area (Å²) in [6, 6.07) is 8.78. The Labute approximate surface area is 163 Å². The SMILES string of the molecule is COC(=O)c1sc(NCC2CCN(Cc3ccc(C)cc3)CC2)nc1Cl. The quantitative estimate of drug-likeness (QED) is 0.745. The Morgan fingerprint density at radius 2 is 2.04 bits per heavy atom. The Balaban J connectivity index is 1.44. The summed E-state index contributed by atoms with van der Waals surface area (Å²) in [7, 11) is 1.34. The van der Waals surface area contributed by atoms with Gasteiger partial charge in [-0.25, -0.2) is 9.78 Å². The first kappa shape index (κ1) is 19.1. The summed E-state index contributed by atoms with van der Waals surface area (Å²) in [6.07, 6.45) is 2.31. The van der Waals surface area contributed by atoms with Crippen LogP contribution < -0.4 is 5.32 Å². The van der Waals surface area contributed by atoms with Crippen molar-refractivity contribution in [3.05, 3.63) is 45.4 Å². The average molecular weight is 394 g/mol. The van der Waals surface area contributed by atoms with E-state index in [2.05, 4.69) is 46.4 Å². The van der Waals surface area contributed by atoms with Crippen LogP contribution in [0.15, 0.2) is 24.3 Å². The lowest BCUT2D eigenvalue weighted by atomic mass is 9.96. The predicted octanol–water partition coefficient (Wildman–Crippen LogP) is 4.22. The number of carbonyl (C=O) groups excluding carboxylic acids is 1. The van der Waals surface area contributed by atoms with Crippen LogP contribution >= 0.6 is 22.9 Å². The molecule has 140 valence electrons. The number of aromatic nitrogens is 1. The molecule has 2 aromatic rings. The van der Waals surface area contributed by atoms with E-state index >= 15 is 0 Å². The molecule has 0 amide bonds. The fraction of sp³-hybridized carbons (Fsp3) is 0.474. The summed E-state index contributed by atoms with van der Waals surface area (Å²) in [5.41, 5.74) is 2.68. The molecule has 1 aliphatic rings. The fourth-order valence-electron chi connectivity index (χ4n) is 3.13. The Morgan fingerprint density at radius 3 is 2.69 bits per heavy atom. The normalized spacial score (nSPS) is 15.8. The van der Waals surface area contributed by atoms with Crippen LogP contribution in [0.25, 0.3) is 0 Å². The molecule has 0 unspecified atom stereocenters. The highest BCUT2D eigenvalue weighted by Crippen LogP contribution is 2.28. The molecule has 2 heterocycles. The number of aryl methyl sites for hydroxylation is 1. The molecule has 0 radical (unpaired) electrons. The molecule has 0 atom stereocenters. The number of nitrogens with one attached hydrogen (secondary N) is 1. The minimum Gasteiger partial charge on any atom is -0.465 e. The monoisotopic (exact) mass is 393 g/mol. The largest absolute Gasteiger partial charge is 0.465 e. The van der Waals surface area contributed by atoms with Gasteiger partial charge in [-0.3, -0.25) is 4.90 Å². The van der Waals surface area contributed by atoms with Crippen LogP contribution in [0.1, 0.15) is 33.6 Å². The van der Waals surface area contributed by atoms with E-state index in [4.69, 9.17) is 16.3 Å². The summed E-state index contributed by atoms with van der Waals surface area (Å²) >= 11 is 7.24. The second-order valence-electron chi connectivity index (χ2n) is 6.72. The van der Waals surface area contributed by atoms with Crippen LogP contribution in [0.5, 0.6) is 0 Å². The van der Waals surface area contributed by atoms with Gasteiger partial charge in [0, 0.05) is 13.1 Å². The maximum atomic E-state index is 11.6. The maximum absolute atomic E-state index is 11.6. The van der Waals surface area contributed by atoms with Gasteiger partial charge in [0.2, 0.25) is 0 Å². The van der Waals surface area contributed by atoms with E-state index in [1.807, 2.05) is 0 Å². The van der Waals surface area contributed by atoms with Crippen molar-refractivity contribution in [1.82, 2.24) is 9.88 Å². The molecule has 1 fully saturated rings. The Kier molecular flexibility index (Phi) is 6.51. The van der Waals surface area contributed by atoms with Crippen molar-refractivity contribution in [2.75, 3.05) is 32.1 Å². The molecule has 3 rings (SSSR count). The van der Waals surface area contributed by atoms with E-state index in [9.17, 15) is 4.79 Å². The van der Waals surface area contributed by atoms with E-state index in [-0.39, 0.29) is 5.15 Å². The van der Waals surface area contributed by atoms with Crippen LogP contribution in [-0.4, -0.2) is 42.6 Å². The summed E-state index contributed by atoms with van der Waals surface area (Å²) < 4.78 is 4.71. The number of hydrogen-bond acceptors (Lipinski definition) is 6. The molecule has 0 saturated carbocycles. The van der Waals surface area contributed by atoms with Crippen LogP contribution in [0, 0.1) is 12.8 Å². The average Bonchev–Trinajstić information content (AvgIpc) is 3.03. The van der Waals surface area contributed by atoms with E-state index in [0.717, 1.165) is 39.0 Å². The van der Waals surface area contributed by atoms with Gasteiger partial charge in [-0.1, -0.05) is 52.8 Å². The highest BCUT2D eigenvalue weighted by Gasteiger charge is 2.21. The number of methoxy groups -OCH3 is 1. The summed E-state index contributed by atoms with van der Waals surface area (Å²) in [5.74, 6) is 0.165. The minimum atomic E-state index is -0.440. The van der Waals surface area contributed by atoms with Crippen molar-refractivity contribution < 1.29 is 9.53 Å². The zero-order valence-electron chi connectivity index (χ0n) is 15.1. The van der Waals surface area contributed by atoms with Crippen molar-refractivity contribution in [3.63, 3.8) is 0 Å². The van der Waals surface area contributed by atoms with E-state index in [1.54, 1.807) is 0 Å². The number of hydrogen-bond donors (Lipinski definition) is 1. The van der Waals surface area contributed by atoms with Crippen LogP contribution in [-0.2, 0) is 11.3 Å². The second-order valence-corrected chi connectivity index (χ2v) is 8.07. The van der Waals surface area contributed by atoms with Gasteiger partial charge in [0.1, 0.15) is 0 Å². The fourth-order valence-corrected chi connectivity index (χ4v) is 4.24. The molecule has 1 aromatic carbocycles. The number of nitrogens with zero attached hydrogens (tertiary/aromatic N) is 2. The van der Waals surface area contributed by atoms with Gasteiger partial charge in [0.25, 0.3) is 0 Å². The first-order valence-corrected chi connectivity index (χ1v) is 10.0. The summed E-state index contributed by atoms with van der Waals surface area (Å²) in [6.45, 7) is 6.19. The molecular formula is C19H24ClN3O2S. The van der Waals surface area contributed by atoms with Gasteiger partial charge in [-0.2, -0.15) is 0 Å². The number of esters is 1. The summed E-state index contributed by atoms with van der Waals surface area (Å²) in [4.78, 5) is 18.7. The van der Waals surface area contributed by atoms with Gasteiger partial charge in [-0.05, 0) is 44.3 Å². The lowest BCUT2D eigenvalue weighted by Crippen LogP contribution is -2.35.